The Hall–Kier alpha value is -1.69. The third kappa shape index (κ3) is 4.97. The highest BCUT2D eigenvalue weighted by molar-refractivity contribution is 5.85. The molecule has 2 rings (SSSR count). The van der Waals surface area contributed by atoms with Gasteiger partial charge < -0.3 is 15.6 Å². The molecule has 21 heavy (non-hydrogen) atoms. The van der Waals surface area contributed by atoms with Crippen molar-refractivity contribution in [2.24, 2.45) is 5.73 Å². The summed E-state index contributed by atoms with van der Waals surface area (Å²) in [6.45, 7) is -0.202. The van der Waals surface area contributed by atoms with Gasteiger partial charge in [-0.3, -0.25) is 0 Å². The van der Waals surface area contributed by atoms with Crippen LogP contribution < -0.4 is 10.5 Å². The monoisotopic (exact) mass is 315 g/mol. The zero-order chi connectivity index (χ0) is 14.5. The molecule has 0 fully saturated rings. The van der Waals surface area contributed by atoms with E-state index in [0.29, 0.717) is 17.1 Å². The number of hydrogen-bond donors (Lipinski definition) is 2. The van der Waals surface area contributed by atoms with Gasteiger partial charge in [-0.1, -0.05) is 0 Å². The Labute approximate surface area is 127 Å². The molecule has 0 saturated carbocycles. The van der Waals surface area contributed by atoms with Gasteiger partial charge in [0.1, 0.15) is 23.1 Å². The summed E-state index contributed by atoms with van der Waals surface area (Å²) in [6.07, 6.45) is 0.283. The molecule has 0 amide bonds. The number of ether oxygens (including phenoxy) is 1. The highest BCUT2D eigenvalue weighted by Gasteiger charge is 2.11. The SMILES string of the molecule is Cl.NC(CO)Cc1cc(F)ccc1Oc1ccc(F)cc1. The Bertz CT molecular complexity index is 578. The lowest BCUT2D eigenvalue weighted by Gasteiger charge is -2.14. The second kappa shape index (κ2) is 7.93. The van der Waals surface area contributed by atoms with E-state index in [1.54, 1.807) is 0 Å². The predicted octanol–water partition coefficient (Wildman–Crippen LogP) is 3.04. The van der Waals surface area contributed by atoms with Gasteiger partial charge in [0.2, 0.25) is 0 Å². The molecule has 0 heterocycles. The van der Waals surface area contributed by atoms with Gasteiger partial charge in [-0.2, -0.15) is 0 Å². The van der Waals surface area contributed by atoms with Crippen molar-refractivity contribution >= 4 is 12.4 Å². The van der Waals surface area contributed by atoms with E-state index in [-0.39, 0.29) is 31.3 Å². The molecule has 0 bridgehead atoms. The Morgan fingerprint density at radius 1 is 1.05 bits per heavy atom. The van der Waals surface area contributed by atoms with Crippen LogP contribution in [0.2, 0.25) is 0 Å². The maximum absolute atomic E-state index is 13.3. The third-order valence-electron chi connectivity index (χ3n) is 2.78. The fourth-order valence-corrected chi connectivity index (χ4v) is 1.78. The lowest BCUT2D eigenvalue weighted by atomic mass is 10.1. The molecule has 3 nitrogen and oxygen atoms in total. The van der Waals surface area contributed by atoms with E-state index in [2.05, 4.69) is 0 Å². The van der Waals surface area contributed by atoms with Crippen molar-refractivity contribution in [3.63, 3.8) is 0 Å². The van der Waals surface area contributed by atoms with Crippen LogP contribution in [0.1, 0.15) is 5.56 Å². The van der Waals surface area contributed by atoms with Crippen LogP contribution in [-0.2, 0) is 6.42 Å². The van der Waals surface area contributed by atoms with Crippen LogP contribution in [0.25, 0.3) is 0 Å². The predicted molar refractivity (Wildman–Crippen MR) is 78.9 cm³/mol. The highest BCUT2D eigenvalue weighted by atomic mass is 35.5. The van der Waals surface area contributed by atoms with Gasteiger partial charge in [0.05, 0.1) is 6.61 Å². The first kappa shape index (κ1) is 17.4. The fraction of sp³-hybridized carbons (Fsp3) is 0.200. The molecule has 1 atom stereocenters. The minimum atomic E-state index is -0.493. The fourth-order valence-electron chi connectivity index (χ4n) is 1.78. The van der Waals surface area contributed by atoms with Crippen molar-refractivity contribution in [1.29, 1.82) is 0 Å². The summed E-state index contributed by atoms with van der Waals surface area (Å²) in [5, 5.41) is 8.98. The lowest BCUT2D eigenvalue weighted by molar-refractivity contribution is 0.264. The molecule has 0 aliphatic rings. The van der Waals surface area contributed by atoms with Crippen LogP contribution in [0, 0.1) is 11.6 Å². The molecule has 0 saturated heterocycles. The smallest absolute Gasteiger partial charge is 0.130 e. The summed E-state index contributed by atoms with van der Waals surface area (Å²) in [6, 6.07) is 9.09. The molecule has 0 spiro atoms. The van der Waals surface area contributed by atoms with E-state index in [9.17, 15) is 8.78 Å². The van der Waals surface area contributed by atoms with E-state index < -0.39 is 11.9 Å². The summed E-state index contributed by atoms with van der Waals surface area (Å²) < 4.78 is 31.7. The highest BCUT2D eigenvalue weighted by Crippen LogP contribution is 2.27. The van der Waals surface area contributed by atoms with Crippen LogP contribution >= 0.6 is 12.4 Å². The Morgan fingerprint density at radius 3 is 2.29 bits per heavy atom. The number of nitrogens with two attached hydrogens (primary N) is 1. The van der Waals surface area contributed by atoms with Crippen LogP contribution in [-0.4, -0.2) is 17.8 Å². The number of halogens is 3. The van der Waals surface area contributed by atoms with Crippen molar-refractivity contribution in [1.82, 2.24) is 0 Å². The van der Waals surface area contributed by atoms with Crippen molar-refractivity contribution in [3.05, 3.63) is 59.7 Å². The second-order valence-corrected chi connectivity index (χ2v) is 4.45. The van der Waals surface area contributed by atoms with Gasteiger partial charge in [-0.15, -0.1) is 12.4 Å². The van der Waals surface area contributed by atoms with E-state index >= 15 is 0 Å². The second-order valence-electron chi connectivity index (χ2n) is 4.45. The minimum Gasteiger partial charge on any atom is -0.457 e. The van der Waals surface area contributed by atoms with Gasteiger partial charge in [0.25, 0.3) is 0 Å². The van der Waals surface area contributed by atoms with Crippen LogP contribution in [0.4, 0.5) is 8.78 Å². The molecular formula is C15H16ClF2NO2. The number of hydrogen-bond acceptors (Lipinski definition) is 3. The van der Waals surface area contributed by atoms with E-state index in [1.807, 2.05) is 0 Å². The number of benzene rings is 2. The zero-order valence-electron chi connectivity index (χ0n) is 11.1. The quantitative estimate of drug-likeness (QED) is 0.891. The standard InChI is InChI=1S/C15H15F2NO2.ClH/c16-11-1-4-14(5-2-11)20-15-6-3-12(17)7-10(15)8-13(18)9-19;/h1-7,13,19H,8-9,18H2;1H. The lowest BCUT2D eigenvalue weighted by Crippen LogP contribution is -2.27. The first-order valence-corrected chi connectivity index (χ1v) is 6.17. The third-order valence-corrected chi connectivity index (χ3v) is 2.78. The topological polar surface area (TPSA) is 55.5 Å². The molecular weight excluding hydrogens is 300 g/mol. The first-order chi connectivity index (χ1) is 9.58. The van der Waals surface area contributed by atoms with Gasteiger partial charge in [-0.05, 0) is 54.4 Å². The van der Waals surface area contributed by atoms with Gasteiger partial charge in [0, 0.05) is 6.04 Å². The summed E-state index contributed by atoms with van der Waals surface area (Å²) in [5.41, 5.74) is 6.21. The van der Waals surface area contributed by atoms with Gasteiger partial charge >= 0.3 is 0 Å². The molecule has 114 valence electrons. The van der Waals surface area contributed by atoms with Crippen LogP contribution in [0.15, 0.2) is 42.5 Å². The average Bonchev–Trinajstić information content (AvgIpc) is 2.44. The Balaban J connectivity index is 0.00000220. The summed E-state index contributed by atoms with van der Waals surface area (Å²) >= 11 is 0. The number of rotatable bonds is 5. The molecule has 0 radical (unpaired) electrons. The number of aliphatic hydroxyl groups excluding tert-OH is 1. The summed E-state index contributed by atoms with van der Waals surface area (Å²) in [7, 11) is 0. The number of aliphatic hydroxyl groups is 1. The maximum Gasteiger partial charge on any atom is 0.130 e. The van der Waals surface area contributed by atoms with E-state index in [4.69, 9.17) is 15.6 Å². The van der Waals surface area contributed by atoms with E-state index in [0.717, 1.165) is 0 Å². The molecule has 0 aliphatic heterocycles. The largest absolute Gasteiger partial charge is 0.457 e. The molecule has 1 unspecified atom stereocenters. The van der Waals surface area contributed by atoms with E-state index in [1.165, 1.54) is 42.5 Å². The van der Waals surface area contributed by atoms with Crippen molar-refractivity contribution < 1.29 is 18.6 Å². The first-order valence-electron chi connectivity index (χ1n) is 6.17. The van der Waals surface area contributed by atoms with Gasteiger partial charge in [0.15, 0.2) is 0 Å². The molecule has 2 aromatic rings. The average molecular weight is 316 g/mol. The van der Waals surface area contributed by atoms with Crippen molar-refractivity contribution in [3.8, 4) is 11.5 Å². The normalized spacial score (nSPS) is 11.6. The molecule has 6 heteroatoms. The summed E-state index contributed by atoms with van der Waals surface area (Å²) in [4.78, 5) is 0. The maximum atomic E-state index is 13.3. The molecule has 0 aromatic heterocycles. The Kier molecular flexibility index (Phi) is 6.55. The van der Waals surface area contributed by atoms with Crippen molar-refractivity contribution in [2.75, 3.05) is 6.61 Å². The minimum absolute atomic E-state index is 0. The van der Waals surface area contributed by atoms with Crippen LogP contribution in [0.5, 0.6) is 11.5 Å². The zero-order valence-corrected chi connectivity index (χ0v) is 11.9. The molecule has 3 N–H and O–H groups in total. The molecule has 2 aromatic carbocycles. The molecule has 0 aliphatic carbocycles. The Morgan fingerprint density at radius 2 is 1.67 bits per heavy atom. The van der Waals surface area contributed by atoms with Crippen LogP contribution in [0.3, 0.4) is 0 Å². The summed E-state index contributed by atoms with van der Waals surface area (Å²) in [5.74, 6) is 0.106. The van der Waals surface area contributed by atoms with Crippen molar-refractivity contribution in [2.45, 2.75) is 12.5 Å². The van der Waals surface area contributed by atoms with Gasteiger partial charge in [-0.25, -0.2) is 8.78 Å².